The Labute approximate surface area is 124 Å². The smallest absolute Gasteiger partial charge is 0.311 e. The summed E-state index contributed by atoms with van der Waals surface area (Å²) in [4.78, 5) is 23.5. The third-order valence-corrected chi connectivity index (χ3v) is 2.89. The van der Waals surface area contributed by atoms with E-state index in [1.807, 2.05) is 0 Å². The van der Waals surface area contributed by atoms with E-state index in [1.54, 1.807) is 33.3 Å². The molecule has 0 fully saturated rings. The fraction of sp³-hybridized carbons (Fsp3) is 0.500. The first-order chi connectivity index (χ1) is 9.95. The predicted molar refractivity (Wildman–Crippen MR) is 79.3 cm³/mol. The summed E-state index contributed by atoms with van der Waals surface area (Å²) in [6.45, 7) is 0.824. The van der Waals surface area contributed by atoms with E-state index in [4.69, 9.17) is 4.74 Å². The van der Waals surface area contributed by atoms with Gasteiger partial charge in [-0.3, -0.25) is 14.9 Å². The molecule has 0 saturated carbocycles. The van der Waals surface area contributed by atoms with Crippen molar-refractivity contribution in [2.45, 2.75) is 19.4 Å². The third kappa shape index (κ3) is 5.39. The summed E-state index contributed by atoms with van der Waals surface area (Å²) < 4.78 is 5.43. The molecule has 0 aliphatic carbocycles. The van der Waals surface area contributed by atoms with Crippen molar-refractivity contribution in [2.75, 3.05) is 27.7 Å². The number of nitrogens with one attached hydrogen (secondary N) is 1. The molecule has 116 valence electrons. The Kier molecular flexibility index (Phi) is 6.61. The fourth-order valence-electron chi connectivity index (χ4n) is 1.77. The maximum absolute atomic E-state index is 11.4. The van der Waals surface area contributed by atoms with Crippen LogP contribution in [-0.4, -0.2) is 43.5 Å². The molecular weight excluding hydrogens is 274 g/mol. The Morgan fingerprint density at radius 3 is 2.71 bits per heavy atom. The number of carbonyl (C=O) groups excluding carboxylic acids is 1. The summed E-state index contributed by atoms with van der Waals surface area (Å²) in [6.07, 6.45) is 0.880. The average Bonchev–Trinajstić information content (AvgIpc) is 2.44. The van der Waals surface area contributed by atoms with Crippen molar-refractivity contribution in [2.24, 2.45) is 0 Å². The van der Waals surface area contributed by atoms with Gasteiger partial charge < -0.3 is 15.0 Å². The van der Waals surface area contributed by atoms with E-state index in [-0.39, 0.29) is 24.0 Å². The van der Waals surface area contributed by atoms with E-state index in [2.05, 4.69) is 5.32 Å². The number of ether oxygens (including phenoxy) is 1. The predicted octanol–water partition coefficient (Wildman–Crippen LogP) is 1.56. The monoisotopic (exact) mass is 295 g/mol. The Balaban J connectivity index is 2.62. The largest absolute Gasteiger partial charge is 0.487 e. The van der Waals surface area contributed by atoms with E-state index < -0.39 is 4.92 Å². The maximum Gasteiger partial charge on any atom is 0.311 e. The van der Waals surface area contributed by atoms with Gasteiger partial charge in [0.15, 0.2) is 5.75 Å². The van der Waals surface area contributed by atoms with Crippen LogP contribution in [0.4, 0.5) is 5.69 Å². The molecule has 1 rings (SSSR count). The molecule has 0 aromatic heterocycles. The molecule has 0 radical (unpaired) electrons. The number of nitrogens with zero attached hydrogens (tertiary/aromatic N) is 2. The molecule has 21 heavy (non-hydrogen) atoms. The van der Waals surface area contributed by atoms with Crippen LogP contribution in [0.1, 0.15) is 18.4 Å². The summed E-state index contributed by atoms with van der Waals surface area (Å²) in [7, 11) is 5.15. The highest BCUT2D eigenvalue weighted by atomic mass is 16.6. The molecule has 1 N–H and O–H groups in total. The van der Waals surface area contributed by atoms with Crippen LogP contribution in [0.2, 0.25) is 0 Å². The molecule has 1 aromatic rings. The number of benzene rings is 1. The van der Waals surface area contributed by atoms with Gasteiger partial charge in [-0.15, -0.1) is 0 Å². The molecule has 7 heteroatoms. The van der Waals surface area contributed by atoms with Crippen LogP contribution in [0.3, 0.4) is 0 Å². The number of rotatable bonds is 8. The van der Waals surface area contributed by atoms with Crippen LogP contribution in [-0.2, 0) is 11.3 Å². The minimum absolute atomic E-state index is 0.0115. The van der Waals surface area contributed by atoms with E-state index in [1.165, 1.54) is 11.0 Å². The van der Waals surface area contributed by atoms with E-state index in [0.29, 0.717) is 19.4 Å². The van der Waals surface area contributed by atoms with E-state index in [9.17, 15) is 14.9 Å². The van der Waals surface area contributed by atoms with Crippen LogP contribution < -0.4 is 10.1 Å². The highest BCUT2D eigenvalue weighted by Gasteiger charge is 2.16. The van der Waals surface area contributed by atoms with Gasteiger partial charge in [-0.1, -0.05) is 6.07 Å². The van der Waals surface area contributed by atoms with Crippen molar-refractivity contribution < 1.29 is 14.5 Å². The molecule has 7 nitrogen and oxygen atoms in total. The Hall–Kier alpha value is -2.15. The van der Waals surface area contributed by atoms with E-state index in [0.717, 1.165) is 5.56 Å². The van der Waals surface area contributed by atoms with Gasteiger partial charge in [0, 0.05) is 33.1 Å². The fourth-order valence-corrected chi connectivity index (χ4v) is 1.77. The van der Waals surface area contributed by atoms with Gasteiger partial charge in [-0.25, -0.2) is 0 Å². The molecule has 1 aromatic carbocycles. The lowest BCUT2D eigenvalue weighted by molar-refractivity contribution is -0.385. The topological polar surface area (TPSA) is 84.7 Å². The van der Waals surface area contributed by atoms with Crippen molar-refractivity contribution in [3.63, 3.8) is 0 Å². The average molecular weight is 295 g/mol. The molecule has 0 aliphatic rings. The van der Waals surface area contributed by atoms with Gasteiger partial charge in [0.1, 0.15) is 0 Å². The van der Waals surface area contributed by atoms with Crippen LogP contribution >= 0.6 is 0 Å². The number of hydrogen-bond acceptors (Lipinski definition) is 5. The highest BCUT2D eigenvalue weighted by molar-refractivity contribution is 5.75. The summed E-state index contributed by atoms with van der Waals surface area (Å²) >= 11 is 0. The van der Waals surface area contributed by atoms with Gasteiger partial charge in [-0.05, 0) is 25.1 Å². The van der Waals surface area contributed by atoms with Gasteiger partial charge >= 0.3 is 5.69 Å². The lowest BCUT2D eigenvalue weighted by Crippen LogP contribution is -2.21. The van der Waals surface area contributed by atoms with Crippen molar-refractivity contribution in [3.05, 3.63) is 33.9 Å². The zero-order chi connectivity index (χ0) is 15.8. The molecule has 0 saturated heterocycles. The lowest BCUT2D eigenvalue weighted by Gasteiger charge is -2.11. The molecule has 0 aliphatic heterocycles. The van der Waals surface area contributed by atoms with Gasteiger partial charge in [-0.2, -0.15) is 0 Å². The standard InChI is InChI=1S/C14H21N3O4/c1-15-10-11-6-7-13(12(9-11)17(19)20)21-8-4-5-14(18)16(2)3/h6-7,9,15H,4-5,8,10H2,1-3H3. The third-order valence-electron chi connectivity index (χ3n) is 2.89. The summed E-state index contributed by atoms with van der Waals surface area (Å²) in [5.74, 6) is 0.245. The highest BCUT2D eigenvalue weighted by Crippen LogP contribution is 2.28. The summed E-state index contributed by atoms with van der Waals surface area (Å²) in [5, 5.41) is 14.0. The first kappa shape index (κ1) is 16.9. The SMILES string of the molecule is CNCc1ccc(OCCCC(=O)N(C)C)c([N+](=O)[O-])c1. The Morgan fingerprint density at radius 1 is 1.43 bits per heavy atom. The number of hydrogen-bond donors (Lipinski definition) is 1. The summed E-state index contributed by atoms with van der Waals surface area (Å²) in [6, 6.07) is 4.87. The zero-order valence-electron chi connectivity index (χ0n) is 12.6. The molecule has 0 atom stereocenters. The number of nitro groups is 1. The van der Waals surface area contributed by atoms with Gasteiger partial charge in [0.2, 0.25) is 5.91 Å². The minimum atomic E-state index is -0.459. The second-order valence-corrected chi connectivity index (χ2v) is 4.83. The second-order valence-electron chi connectivity index (χ2n) is 4.83. The number of nitro benzene ring substituents is 1. The van der Waals surface area contributed by atoms with Crippen molar-refractivity contribution in [1.82, 2.24) is 10.2 Å². The van der Waals surface area contributed by atoms with Gasteiger partial charge in [0.25, 0.3) is 0 Å². The normalized spacial score (nSPS) is 10.2. The van der Waals surface area contributed by atoms with Crippen LogP contribution in [0.5, 0.6) is 5.75 Å². The number of carbonyl (C=O) groups is 1. The van der Waals surface area contributed by atoms with Crippen molar-refractivity contribution >= 4 is 11.6 Å². The van der Waals surface area contributed by atoms with Crippen molar-refractivity contribution in [1.29, 1.82) is 0 Å². The molecule has 0 heterocycles. The molecule has 1 amide bonds. The van der Waals surface area contributed by atoms with Crippen LogP contribution in [0, 0.1) is 10.1 Å². The second kappa shape index (κ2) is 8.21. The molecule has 0 unspecified atom stereocenters. The maximum atomic E-state index is 11.4. The van der Waals surface area contributed by atoms with Crippen LogP contribution in [0.25, 0.3) is 0 Å². The first-order valence-electron chi connectivity index (χ1n) is 6.70. The Morgan fingerprint density at radius 2 is 2.14 bits per heavy atom. The summed E-state index contributed by atoms with van der Waals surface area (Å²) in [5.41, 5.74) is 0.765. The minimum Gasteiger partial charge on any atom is -0.487 e. The lowest BCUT2D eigenvalue weighted by atomic mass is 10.2. The Bertz CT molecular complexity index is 503. The zero-order valence-corrected chi connectivity index (χ0v) is 12.6. The van der Waals surface area contributed by atoms with Crippen molar-refractivity contribution in [3.8, 4) is 5.75 Å². The van der Waals surface area contributed by atoms with E-state index >= 15 is 0 Å². The quantitative estimate of drug-likeness (QED) is 0.447. The molecule has 0 spiro atoms. The van der Waals surface area contributed by atoms with Gasteiger partial charge in [0.05, 0.1) is 11.5 Å². The molecular formula is C14H21N3O4. The van der Waals surface area contributed by atoms with Crippen LogP contribution in [0.15, 0.2) is 18.2 Å². The molecule has 0 bridgehead atoms. The number of amides is 1. The first-order valence-corrected chi connectivity index (χ1v) is 6.70.